The number of carboxylic acid groups (broad SMARTS) is 1. The van der Waals surface area contributed by atoms with E-state index < -0.39 is 16.9 Å². The van der Waals surface area contributed by atoms with E-state index in [0.717, 1.165) is 17.5 Å². The summed E-state index contributed by atoms with van der Waals surface area (Å²) in [5.41, 5.74) is 2.57. The molecule has 0 saturated carbocycles. The van der Waals surface area contributed by atoms with E-state index in [9.17, 15) is 20.0 Å². The van der Waals surface area contributed by atoms with E-state index in [1.165, 1.54) is 6.07 Å². The molecule has 29 heavy (non-hydrogen) atoms. The smallest absolute Gasteiger partial charge is 0.320 e. The van der Waals surface area contributed by atoms with Gasteiger partial charge in [0, 0.05) is 12.6 Å². The van der Waals surface area contributed by atoms with Crippen LogP contribution in [0.25, 0.3) is 0 Å². The van der Waals surface area contributed by atoms with Crippen molar-refractivity contribution in [2.75, 3.05) is 6.54 Å². The van der Waals surface area contributed by atoms with Gasteiger partial charge in [-0.3, -0.25) is 19.8 Å². The molecule has 2 aromatic carbocycles. The van der Waals surface area contributed by atoms with Crippen LogP contribution in [0.2, 0.25) is 0 Å². The van der Waals surface area contributed by atoms with Crippen molar-refractivity contribution in [3.05, 3.63) is 63.2 Å². The van der Waals surface area contributed by atoms with Crippen LogP contribution in [-0.2, 0) is 11.3 Å². The Hall–Kier alpha value is -2.93. The van der Waals surface area contributed by atoms with Crippen LogP contribution in [0.5, 0.6) is 11.5 Å². The van der Waals surface area contributed by atoms with Gasteiger partial charge in [0.05, 0.1) is 4.92 Å². The quantitative estimate of drug-likeness (QED) is 0.528. The maximum absolute atomic E-state index is 11.7. The molecule has 2 aromatic rings. The average Bonchev–Trinajstić information content (AvgIpc) is 3.11. The SMILES string of the molecule is Cc1ccc(C(C)C)c(Oc2ccc(CN3CCC[C@@H]3C(=O)O)cc2[N+](=O)[O-])c1. The van der Waals surface area contributed by atoms with Gasteiger partial charge in [0.15, 0.2) is 0 Å². The Bertz CT molecular complexity index is 925. The molecular formula is C22H26N2O5. The largest absolute Gasteiger partial charge is 0.480 e. The van der Waals surface area contributed by atoms with Gasteiger partial charge in [-0.15, -0.1) is 0 Å². The molecule has 154 valence electrons. The first-order chi connectivity index (χ1) is 13.8. The summed E-state index contributed by atoms with van der Waals surface area (Å²) >= 11 is 0. The molecule has 1 fully saturated rings. The van der Waals surface area contributed by atoms with E-state index in [-0.39, 0.29) is 17.4 Å². The van der Waals surface area contributed by atoms with Gasteiger partial charge >= 0.3 is 11.7 Å². The second kappa shape index (κ2) is 8.61. The molecule has 1 atom stereocenters. The molecule has 0 unspecified atom stereocenters. The number of likely N-dealkylation sites (tertiary alicyclic amines) is 1. The number of ether oxygens (including phenoxy) is 1. The topological polar surface area (TPSA) is 92.9 Å². The zero-order valence-electron chi connectivity index (χ0n) is 16.9. The fourth-order valence-corrected chi connectivity index (χ4v) is 3.75. The third-order valence-corrected chi connectivity index (χ3v) is 5.27. The van der Waals surface area contributed by atoms with Crippen molar-refractivity contribution in [3.63, 3.8) is 0 Å². The third-order valence-electron chi connectivity index (χ3n) is 5.27. The van der Waals surface area contributed by atoms with Crippen LogP contribution in [0.3, 0.4) is 0 Å². The summed E-state index contributed by atoms with van der Waals surface area (Å²) in [5, 5.41) is 21.0. The van der Waals surface area contributed by atoms with Crippen molar-refractivity contribution in [3.8, 4) is 11.5 Å². The highest BCUT2D eigenvalue weighted by molar-refractivity contribution is 5.73. The fourth-order valence-electron chi connectivity index (χ4n) is 3.75. The summed E-state index contributed by atoms with van der Waals surface area (Å²) < 4.78 is 5.98. The summed E-state index contributed by atoms with van der Waals surface area (Å²) in [5.74, 6) is 0.161. The number of aryl methyl sites for hydroxylation is 1. The number of aliphatic carboxylic acids is 1. The van der Waals surface area contributed by atoms with Crippen molar-refractivity contribution < 1.29 is 19.6 Å². The molecule has 0 radical (unpaired) electrons. The van der Waals surface area contributed by atoms with Crippen LogP contribution in [0, 0.1) is 17.0 Å². The van der Waals surface area contributed by atoms with Crippen molar-refractivity contribution >= 4 is 11.7 Å². The minimum Gasteiger partial charge on any atom is -0.480 e. The first-order valence-electron chi connectivity index (χ1n) is 9.79. The molecule has 0 spiro atoms. The number of nitro benzene ring substituents is 1. The molecular weight excluding hydrogens is 372 g/mol. The van der Waals surface area contributed by atoms with Crippen molar-refractivity contribution in [1.82, 2.24) is 4.90 Å². The highest BCUT2D eigenvalue weighted by atomic mass is 16.6. The van der Waals surface area contributed by atoms with Gasteiger partial charge in [0.1, 0.15) is 11.8 Å². The molecule has 1 heterocycles. The van der Waals surface area contributed by atoms with E-state index >= 15 is 0 Å². The highest BCUT2D eigenvalue weighted by Gasteiger charge is 2.30. The number of carboxylic acids is 1. The fraction of sp³-hybridized carbons (Fsp3) is 0.409. The van der Waals surface area contributed by atoms with E-state index in [2.05, 4.69) is 0 Å². The van der Waals surface area contributed by atoms with Crippen LogP contribution in [-0.4, -0.2) is 33.5 Å². The van der Waals surface area contributed by atoms with Gasteiger partial charge in [-0.1, -0.05) is 32.0 Å². The Labute approximate surface area is 170 Å². The lowest BCUT2D eigenvalue weighted by atomic mass is 10.0. The number of nitrogens with zero attached hydrogens (tertiary/aromatic N) is 2. The molecule has 0 amide bonds. The zero-order valence-corrected chi connectivity index (χ0v) is 16.9. The third kappa shape index (κ3) is 4.74. The Morgan fingerprint density at radius 1 is 1.28 bits per heavy atom. The molecule has 1 aliphatic heterocycles. The molecule has 3 rings (SSSR count). The van der Waals surface area contributed by atoms with E-state index in [4.69, 9.17) is 4.74 Å². The maximum atomic E-state index is 11.7. The normalized spacial score (nSPS) is 16.9. The summed E-state index contributed by atoms with van der Waals surface area (Å²) in [4.78, 5) is 24.4. The molecule has 0 aromatic heterocycles. The minimum atomic E-state index is -0.849. The Balaban J connectivity index is 1.89. The summed E-state index contributed by atoms with van der Waals surface area (Å²) in [7, 11) is 0. The summed E-state index contributed by atoms with van der Waals surface area (Å²) in [6, 6.07) is 10.2. The van der Waals surface area contributed by atoms with Crippen LogP contribution < -0.4 is 4.74 Å². The predicted molar refractivity (Wildman–Crippen MR) is 110 cm³/mol. The highest BCUT2D eigenvalue weighted by Crippen LogP contribution is 2.37. The minimum absolute atomic E-state index is 0.121. The average molecular weight is 398 g/mol. The second-order valence-electron chi connectivity index (χ2n) is 7.82. The Morgan fingerprint density at radius 3 is 2.69 bits per heavy atom. The Kier molecular flexibility index (Phi) is 6.17. The first-order valence-corrected chi connectivity index (χ1v) is 9.79. The number of carbonyl (C=O) groups is 1. The van der Waals surface area contributed by atoms with Crippen LogP contribution in [0.15, 0.2) is 36.4 Å². The molecule has 7 nitrogen and oxygen atoms in total. The number of rotatable bonds is 7. The Morgan fingerprint density at radius 2 is 2.03 bits per heavy atom. The van der Waals surface area contributed by atoms with Gasteiger partial charge in [-0.25, -0.2) is 0 Å². The maximum Gasteiger partial charge on any atom is 0.320 e. The monoisotopic (exact) mass is 398 g/mol. The lowest BCUT2D eigenvalue weighted by Crippen LogP contribution is -2.35. The predicted octanol–water partition coefficient (Wildman–Crippen LogP) is 4.87. The lowest BCUT2D eigenvalue weighted by Gasteiger charge is -2.21. The number of hydrogen-bond acceptors (Lipinski definition) is 5. The molecule has 0 aliphatic carbocycles. The van der Waals surface area contributed by atoms with E-state index in [1.54, 1.807) is 12.1 Å². The van der Waals surface area contributed by atoms with Gasteiger partial charge < -0.3 is 9.84 Å². The van der Waals surface area contributed by atoms with Gasteiger partial charge in [-0.2, -0.15) is 0 Å². The number of benzene rings is 2. The van der Waals surface area contributed by atoms with Crippen molar-refractivity contribution in [2.45, 2.75) is 52.1 Å². The first kappa shape index (κ1) is 20.8. The summed E-state index contributed by atoms with van der Waals surface area (Å²) in [6.45, 7) is 7.07. The molecule has 1 N–H and O–H groups in total. The van der Waals surface area contributed by atoms with Gasteiger partial charge in [0.2, 0.25) is 5.75 Å². The van der Waals surface area contributed by atoms with Crippen molar-refractivity contribution in [1.29, 1.82) is 0 Å². The van der Waals surface area contributed by atoms with E-state index in [0.29, 0.717) is 30.8 Å². The number of nitro groups is 1. The molecule has 0 bridgehead atoms. The molecule has 1 saturated heterocycles. The van der Waals surface area contributed by atoms with Gasteiger partial charge in [-0.05, 0) is 61.1 Å². The zero-order chi connectivity index (χ0) is 21.1. The molecule has 7 heteroatoms. The summed E-state index contributed by atoms with van der Waals surface area (Å²) in [6.07, 6.45) is 1.41. The standard InChI is InChI=1S/C22H26N2O5/c1-14(2)17-8-6-15(3)11-21(17)29-20-9-7-16(12-19(20)24(27)28)13-23-10-4-5-18(23)22(25)26/h6-9,11-12,14,18H,4-5,10,13H2,1-3H3,(H,25,26)/t18-/m1/s1. The van der Waals surface area contributed by atoms with Crippen LogP contribution >= 0.6 is 0 Å². The van der Waals surface area contributed by atoms with Crippen molar-refractivity contribution in [2.24, 2.45) is 0 Å². The van der Waals surface area contributed by atoms with Crippen LogP contribution in [0.1, 0.15) is 49.3 Å². The number of hydrogen-bond donors (Lipinski definition) is 1. The van der Waals surface area contributed by atoms with E-state index in [1.807, 2.05) is 43.9 Å². The van der Waals surface area contributed by atoms with Gasteiger partial charge in [0.25, 0.3) is 0 Å². The van der Waals surface area contributed by atoms with Crippen LogP contribution in [0.4, 0.5) is 5.69 Å². The second-order valence-corrected chi connectivity index (χ2v) is 7.82. The molecule has 1 aliphatic rings. The lowest BCUT2D eigenvalue weighted by molar-refractivity contribution is -0.385.